The number of rotatable bonds is 5. The molecule has 1 N–H and O–H groups in total. The van der Waals surface area contributed by atoms with Gasteiger partial charge in [0.25, 0.3) is 5.91 Å². The van der Waals surface area contributed by atoms with E-state index in [0.717, 1.165) is 11.1 Å². The summed E-state index contributed by atoms with van der Waals surface area (Å²) in [5.74, 6) is -0.968. The SMILES string of the molecule is CCn1nnc2cc(C(=O)O[C@H](C)C(=O)Nc3ccc(C)cc3)ccc21. The van der Waals surface area contributed by atoms with E-state index in [4.69, 9.17) is 4.74 Å². The van der Waals surface area contributed by atoms with Crippen LogP contribution < -0.4 is 5.32 Å². The van der Waals surface area contributed by atoms with Crippen molar-refractivity contribution in [3.63, 3.8) is 0 Å². The van der Waals surface area contributed by atoms with Gasteiger partial charge in [-0.05, 0) is 51.1 Å². The molecule has 0 radical (unpaired) electrons. The zero-order valence-electron chi connectivity index (χ0n) is 14.9. The molecule has 0 fully saturated rings. The monoisotopic (exact) mass is 352 g/mol. The maximum absolute atomic E-state index is 12.3. The lowest BCUT2D eigenvalue weighted by Gasteiger charge is -2.13. The summed E-state index contributed by atoms with van der Waals surface area (Å²) in [6.07, 6.45) is -0.925. The molecule has 0 aliphatic heterocycles. The fourth-order valence-electron chi connectivity index (χ4n) is 2.50. The summed E-state index contributed by atoms with van der Waals surface area (Å²) in [6.45, 7) is 6.15. The predicted molar refractivity (Wildman–Crippen MR) is 97.9 cm³/mol. The normalized spacial score (nSPS) is 12.0. The molecule has 134 valence electrons. The highest BCUT2D eigenvalue weighted by molar-refractivity contribution is 5.98. The Morgan fingerprint density at radius 2 is 1.92 bits per heavy atom. The van der Waals surface area contributed by atoms with Crippen molar-refractivity contribution in [2.24, 2.45) is 0 Å². The summed E-state index contributed by atoms with van der Waals surface area (Å²) in [6, 6.07) is 12.4. The number of hydrogen-bond acceptors (Lipinski definition) is 5. The number of hydrogen-bond donors (Lipinski definition) is 1. The molecule has 1 heterocycles. The molecule has 3 aromatic rings. The molecule has 0 aliphatic carbocycles. The number of carbonyl (C=O) groups is 2. The first-order chi connectivity index (χ1) is 12.5. The molecule has 1 aromatic heterocycles. The third-order valence-electron chi connectivity index (χ3n) is 4.02. The van der Waals surface area contributed by atoms with Crippen LogP contribution >= 0.6 is 0 Å². The van der Waals surface area contributed by atoms with E-state index >= 15 is 0 Å². The summed E-state index contributed by atoms with van der Waals surface area (Å²) in [5, 5.41) is 10.8. The van der Waals surface area contributed by atoms with Gasteiger partial charge < -0.3 is 10.1 Å². The van der Waals surface area contributed by atoms with E-state index in [-0.39, 0.29) is 5.91 Å². The van der Waals surface area contributed by atoms with Gasteiger partial charge >= 0.3 is 5.97 Å². The molecular formula is C19H20N4O3. The number of anilines is 1. The zero-order chi connectivity index (χ0) is 18.7. The fourth-order valence-corrected chi connectivity index (χ4v) is 2.50. The maximum Gasteiger partial charge on any atom is 0.338 e. The summed E-state index contributed by atoms with van der Waals surface area (Å²) in [7, 11) is 0. The number of nitrogens with zero attached hydrogens (tertiary/aromatic N) is 3. The van der Waals surface area contributed by atoms with E-state index in [9.17, 15) is 9.59 Å². The minimum atomic E-state index is -0.925. The number of aromatic nitrogens is 3. The Kier molecular flexibility index (Phi) is 4.97. The topological polar surface area (TPSA) is 86.1 Å². The lowest BCUT2D eigenvalue weighted by Crippen LogP contribution is -2.30. The summed E-state index contributed by atoms with van der Waals surface area (Å²) >= 11 is 0. The van der Waals surface area contributed by atoms with Crippen LogP contribution in [0, 0.1) is 6.92 Å². The standard InChI is InChI=1S/C19H20N4O3/c1-4-23-17-10-7-14(11-16(17)21-22-23)19(25)26-13(3)18(24)20-15-8-5-12(2)6-9-15/h5-11,13H,4H2,1-3H3,(H,20,24)/t13-/m1/s1. The van der Waals surface area contributed by atoms with Gasteiger partial charge in [-0.1, -0.05) is 22.9 Å². The quantitative estimate of drug-likeness (QED) is 0.714. The molecule has 7 nitrogen and oxygen atoms in total. The van der Waals surface area contributed by atoms with Crippen LogP contribution in [0.3, 0.4) is 0 Å². The van der Waals surface area contributed by atoms with Crippen molar-refractivity contribution in [2.45, 2.75) is 33.4 Å². The van der Waals surface area contributed by atoms with Crippen LogP contribution in [0.2, 0.25) is 0 Å². The van der Waals surface area contributed by atoms with Crippen molar-refractivity contribution in [3.8, 4) is 0 Å². The number of fused-ring (bicyclic) bond motifs is 1. The first-order valence-corrected chi connectivity index (χ1v) is 8.39. The number of nitrogens with one attached hydrogen (secondary N) is 1. The smallest absolute Gasteiger partial charge is 0.338 e. The van der Waals surface area contributed by atoms with E-state index in [1.54, 1.807) is 35.0 Å². The summed E-state index contributed by atoms with van der Waals surface area (Å²) in [5.41, 5.74) is 3.53. The molecule has 0 saturated carbocycles. The van der Waals surface area contributed by atoms with Gasteiger partial charge in [-0.3, -0.25) is 4.79 Å². The van der Waals surface area contributed by atoms with Crippen molar-refractivity contribution in [3.05, 3.63) is 53.6 Å². The van der Waals surface area contributed by atoms with E-state index in [0.29, 0.717) is 23.3 Å². The Bertz CT molecular complexity index is 947. The molecule has 0 bridgehead atoms. The number of carbonyl (C=O) groups excluding carboxylic acids is 2. The largest absolute Gasteiger partial charge is 0.449 e. The van der Waals surface area contributed by atoms with Gasteiger partial charge in [0.1, 0.15) is 5.52 Å². The predicted octanol–water partition coefficient (Wildman–Crippen LogP) is 2.94. The molecule has 7 heteroatoms. The van der Waals surface area contributed by atoms with Gasteiger partial charge in [0.05, 0.1) is 11.1 Å². The molecule has 3 rings (SSSR count). The van der Waals surface area contributed by atoms with Gasteiger partial charge in [0, 0.05) is 12.2 Å². The molecule has 1 atom stereocenters. The maximum atomic E-state index is 12.3. The Balaban J connectivity index is 1.66. The first kappa shape index (κ1) is 17.6. The second-order valence-electron chi connectivity index (χ2n) is 6.01. The molecule has 1 amide bonds. The van der Waals surface area contributed by atoms with Crippen LogP contribution in [0.1, 0.15) is 29.8 Å². The van der Waals surface area contributed by atoms with Crippen LogP contribution in [0.25, 0.3) is 11.0 Å². The van der Waals surface area contributed by atoms with Crippen molar-refractivity contribution in [1.82, 2.24) is 15.0 Å². The van der Waals surface area contributed by atoms with Crippen LogP contribution in [0.5, 0.6) is 0 Å². The molecule has 2 aromatic carbocycles. The second kappa shape index (κ2) is 7.35. The van der Waals surface area contributed by atoms with Crippen LogP contribution in [0.15, 0.2) is 42.5 Å². The lowest BCUT2D eigenvalue weighted by atomic mass is 10.2. The first-order valence-electron chi connectivity index (χ1n) is 8.39. The van der Waals surface area contributed by atoms with Crippen LogP contribution in [-0.4, -0.2) is 33.0 Å². The number of ether oxygens (including phenoxy) is 1. The summed E-state index contributed by atoms with van der Waals surface area (Å²) in [4.78, 5) is 24.5. The van der Waals surface area contributed by atoms with Crippen molar-refractivity contribution < 1.29 is 14.3 Å². The average Bonchev–Trinajstić information content (AvgIpc) is 3.05. The number of benzene rings is 2. The molecule has 0 aliphatic rings. The average molecular weight is 352 g/mol. The van der Waals surface area contributed by atoms with Crippen molar-refractivity contribution >= 4 is 28.6 Å². The Morgan fingerprint density at radius 1 is 1.19 bits per heavy atom. The van der Waals surface area contributed by atoms with Gasteiger partial charge in [0.2, 0.25) is 0 Å². The highest BCUT2D eigenvalue weighted by Gasteiger charge is 2.20. The number of amides is 1. The van der Waals surface area contributed by atoms with E-state index in [2.05, 4.69) is 15.6 Å². The van der Waals surface area contributed by atoms with Gasteiger partial charge in [-0.2, -0.15) is 0 Å². The minimum Gasteiger partial charge on any atom is -0.449 e. The number of esters is 1. The highest BCUT2D eigenvalue weighted by atomic mass is 16.5. The highest BCUT2D eigenvalue weighted by Crippen LogP contribution is 2.15. The Labute approximate surface area is 151 Å². The molecular weight excluding hydrogens is 332 g/mol. The molecule has 0 unspecified atom stereocenters. The second-order valence-corrected chi connectivity index (χ2v) is 6.01. The van der Waals surface area contributed by atoms with Gasteiger partial charge in [0.15, 0.2) is 6.10 Å². The third kappa shape index (κ3) is 3.72. The third-order valence-corrected chi connectivity index (χ3v) is 4.02. The van der Waals surface area contributed by atoms with Gasteiger partial charge in [-0.25, -0.2) is 9.48 Å². The lowest BCUT2D eigenvalue weighted by molar-refractivity contribution is -0.123. The fraction of sp³-hybridized carbons (Fsp3) is 0.263. The summed E-state index contributed by atoms with van der Waals surface area (Å²) < 4.78 is 7.01. The van der Waals surface area contributed by atoms with E-state index in [1.807, 2.05) is 26.0 Å². The number of aryl methyl sites for hydroxylation is 2. The van der Waals surface area contributed by atoms with E-state index < -0.39 is 12.1 Å². The van der Waals surface area contributed by atoms with Crippen LogP contribution in [-0.2, 0) is 16.1 Å². The Morgan fingerprint density at radius 3 is 2.62 bits per heavy atom. The van der Waals surface area contributed by atoms with E-state index in [1.165, 1.54) is 6.92 Å². The molecule has 0 spiro atoms. The Hall–Kier alpha value is -3.22. The van der Waals surface area contributed by atoms with Crippen molar-refractivity contribution in [1.29, 1.82) is 0 Å². The van der Waals surface area contributed by atoms with Gasteiger partial charge in [-0.15, -0.1) is 5.10 Å². The molecule has 0 saturated heterocycles. The van der Waals surface area contributed by atoms with Crippen molar-refractivity contribution in [2.75, 3.05) is 5.32 Å². The van der Waals surface area contributed by atoms with Crippen LogP contribution in [0.4, 0.5) is 5.69 Å². The minimum absolute atomic E-state index is 0.329. The molecule has 26 heavy (non-hydrogen) atoms. The zero-order valence-corrected chi connectivity index (χ0v) is 14.9.